The highest BCUT2D eigenvalue weighted by Gasteiger charge is 2.34. The van der Waals surface area contributed by atoms with Crippen molar-refractivity contribution in [3.05, 3.63) is 206 Å². The fourth-order valence-corrected chi connectivity index (χ4v) is 10.3. The van der Waals surface area contributed by atoms with Crippen LogP contribution in [0.4, 0.5) is 0 Å². The Morgan fingerprint density at radius 3 is 1.55 bits per heavy atom. The van der Waals surface area contributed by atoms with Gasteiger partial charge in [0.05, 0.1) is 38.8 Å². The molecule has 0 fully saturated rings. The summed E-state index contributed by atoms with van der Waals surface area (Å²) in [6, 6.07) is 76.2. The van der Waals surface area contributed by atoms with Crippen molar-refractivity contribution in [2.75, 3.05) is 0 Å². The van der Waals surface area contributed by atoms with Gasteiger partial charge >= 0.3 is 0 Å². The number of aromatic nitrogens is 3. The van der Waals surface area contributed by atoms with E-state index in [1.807, 2.05) is 0 Å². The summed E-state index contributed by atoms with van der Waals surface area (Å²) < 4.78 is 7.46. The topological polar surface area (TPSA) is 14.8 Å². The van der Waals surface area contributed by atoms with Crippen LogP contribution < -0.4 is 16.4 Å². The summed E-state index contributed by atoms with van der Waals surface area (Å²) in [6.45, 7) is 0.0552. The lowest BCUT2D eigenvalue weighted by molar-refractivity contribution is 1.17. The highest BCUT2D eigenvalue weighted by molar-refractivity contribution is 6.98. The summed E-state index contributed by atoms with van der Waals surface area (Å²) in [6.07, 6.45) is 0. The first-order chi connectivity index (χ1) is 28.8. The molecule has 9 aromatic carbocycles. The van der Waals surface area contributed by atoms with Gasteiger partial charge in [0.25, 0.3) is 0 Å². The van der Waals surface area contributed by atoms with Crippen molar-refractivity contribution >= 4 is 88.5 Å². The highest BCUT2D eigenvalue weighted by atomic mass is 15.0. The largest absolute Gasteiger partial charge is 0.310 e. The van der Waals surface area contributed by atoms with Crippen molar-refractivity contribution in [2.45, 2.75) is 0 Å². The van der Waals surface area contributed by atoms with Crippen LogP contribution in [0.1, 0.15) is 0 Å². The first-order valence-electron chi connectivity index (χ1n) is 20.1. The minimum Gasteiger partial charge on any atom is -0.310 e. The maximum absolute atomic E-state index is 2.53. The zero-order chi connectivity index (χ0) is 37.9. The molecule has 0 radical (unpaired) electrons. The number of benzene rings is 9. The Morgan fingerprint density at radius 1 is 0.310 bits per heavy atom. The molecule has 12 aromatic rings. The molecule has 0 N–H and O–H groups in total. The highest BCUT2D eigenvalue weighted by Crippen LogP contribution is 2.41. The van der Waals surface area contributed by atoms with Crippen LogP contribution in [0.25, 0.3) is 93.6 Å². The van der Waals surface area contributed by atoms with E-state index in [0.717, 1.165) is 0 Å². The molecule has 4 heteroatoms. The molecule has 4 heterocycles. The van der Waals surface area contributed by atoms with E-state index in [1.54, 1.807) is 0 Å². The molecular formula is C54H34BN3. The molecule has 0 unspecified atom stereocenters. The monoisotopic (exact) mass is 735 g/mol. The molecule has 0 bridgehead atoms. The molecule has 3 aromatic heterocycles. The number of nitrogens with zero attached hydrogens (tertiary/aromatic N) is 3. The Labute approximate surface area is 335 Å². The first-order valence-corrected chi connectivity index (χ1v) is 20.1. The van der Waals surface area contributed by atoms with E-state index in [9.17, 15) is 0 Å². The molecule has 0 aliphatic carbocycles. The van der Waals surface area contributed by atoms with Crippen molar-refractivity contribution in [2.24, 2.45) is 0 Å². The number of para-hydroxylation sites is 5. The predicted molar refractivity (Wildman–Crippen MR) is 246 cm³/mol. The van der Waals surface area contributed by atoms with Crippen molar-refractivity contribution in [3.8, 4) is 28.2 Å². The van der Waals surface area contributed by atoms with E-state index >= 15 is 0 Å². The maximum Gasteiger partial charge on any atom is 0.246 e. The van der Waals surface area contributed by atoms with E-state index in [4.69, 9.17) is 0 Å². The van der Waals surface area contributed by atoms with Gasteiger partial charge in [-0.2, -0.15) is 0 Å². The van der Waals surface area contributed by atoms with E-state index in [1.165, 1.54) is 110 Å². The summed E-state index contributed by atoms with van der Waals surface area (Å²) in [7, 11) is 0. The second-order valence-electron chi connectivity index (χ2n) is 15.7. The van der Waals surface area contributed by atoms with E-state index in [0.29, 0.717) is 0 Å². The minimum atomic E-state index is 0.0552. The molecule has 1 aliphatic heterocycles. The summed E-state index contributed by atoms with van der Waals surface area (Å²) in [5.41, 5.74) is 17.3. The van der Waals surface area contributed by atoms with Gasteiger partial charge in [0.15, 0.2) is 0 Å². The van der Waals surface area contributed by atoms with Gasteiger partial charge in [0.2, 0.25) is 6.71 Å². The normalized spacial score (nSPS) is 12.4. The van der Waals surface area contributed by atoms with Gasteiger partial charge in [-0.15, -0.1) is 0 Å². The molecule has 0 amide bonds. The van der Waals surface area contributed by atoms with Crippen LogP contribution in [0, 0.1) is 0 Å². The molecule has 58 heavy (non-hydrogen) atoms. The van der Waals surface area contributed by atoms with E-state index in [-0.39, 0.29) is 6.71 Å². The lowest BCUT2D eigenvalue weighted by Gasteiger charge is -2.28. The van der Waals surface area contributed by atoms with Gasteiger partial charge in [0.1, 0.15) is 0 Å². The number of rotatable bonds is 4. The van der Waals surface area contributed by atoms with Crippen molar-refractivity contribution in [1.29, 1.82) is 0 Å². The smallest absolute Gasteiger partial charge is 0.246 e. The molecular weight excluding hydrogens is 701 g/mol. The molecule has 0 atom stereocenters. The molecule has 268 valence electrons. The van der Waals surface area contributed by atoms with Gasteiger partial charge in [-0.3, -0.25) is 0 Å². The third-order valence-electron chi connectivity index (χ3n) is 12.7. The number of hydrogen-bond acceptors (Lipinski definition) is 0. The SMILES string of the molecule is c1ccc(-c2ccc3c4ccccc4n(-c4ccc5c6c4c4ccccc4n6-c4ccccc4B5c4ccc(-n5c6ccccc6c6ccccc65)cc4)c3c2)cc1. The van der Waals surface area contributed by atoms with Crippen LogP contribution in [-0.2, 0) is 0 Å². The average Bonchev–Trinajstić information content (AvgIpc) is 3.94. The van der Waals surface area contributed by atoms with Gasteiger partial charge in [-0.05, 0) is 76.6 Å². The van der Waals surface area contributed by atoms with E-state index < -0.39 is 0 Å². The van der Waals surface area contributed by atoms with Gasteiger partial charge in [0, 0.05) is 43.7 Å². The Morgan fingerprint density at radius 2 is 0.862 bits per heavy atom. The second-order valence-corrected chi connectivity index (χ2v) is 15.7. The molecule has 13 rings (SSSR count). The van der Waals surface area contributed by atoms with E-state index in [2.05, 4.69) is 220 Å². The summed E-state index contributed by atoms with van der Waals surface area (Å²) in [5.74, 6) is 0. The summed E-state index contributed by atoms with van der Waals surface area (Å²) >= 11 is 0. The van der Waals surface area contributed by atoms with Crippen molar-refractivity contribution < 1.29 is 0 Å². The Balaban J connectivity index is 1.07. The summed E-state index contributed by atoms with van der Waals surface area (Å²) in [4.78, 5) is 0. The van der Waals surface area contributed by atoms with Crippen molar-refractivity contribution in [1.82, 2.24) is 13.7 Å². The second kappa shape index (κ2) is 12.0. The quantitative estimate of drug-likeness (QED) is 0.160. The predicted octanol–water partition coefficient (Wildman–Crippen LogP) is 11.5. The molecule has 0 spiro atoms. The lowest BCUT2D eigenvalue weighted by Crippen LogP contribution is -2.55. The fraction of sp³-hybridized carbons (Fsp3) is 0. The third kappa shape index (κ3) is 4.29. The summed E-state index contributed by atoms with van der Waals surface area (Å²) in [5, 5.41) is 7.61. The van der Waals surface area contributed by atoms with Crippen LogP contribution in [0.3, 0.4) is 0 Å². The van der Waals surface area contributed by atoms with Crippen LogP contribution in [0.2, 0.25) is 0 Å². The zero-order valence-corrected chi connectivity index (χ0v) is 31.5. The molecule has 0 saturated heterocycles. The van der Waals surface area contributed by atoms with Gasteiger partial charge < -0.3 is 13.7 Å². The minimum absolute atomic E-state index is 0.0552. The molecule has 3 nitrogen and oxygen atoms in total. The fourth-order valence-electron chi connectivity index (χ4n) is 10.3. The molecule has 0 saturated carbocycles. The van der Waals surface area contributed by atoms with Crippen LogP contribution in [0.5, 0.6) is 0 Å². The van der Waals surface area contributed by atoms with Crippen molar-refractivity contribution in [3.63, 3.8) is 0 Å². The Hall–Kier alpha value is -7.56. The third-order valence-corrected chi connectivity index (χ3v) is 12.7. The number of hydrogen-bond donors (Lipinski definition) is 0. The standard InChI is InChI=1S/C54H34BN3/c1-2-14-35(15-3-1)36-26-31-42-41-18-6-11-23-48(41)57(52(42)34-36)51-33-32-45-54-53(51)43-19-7-12-24-49(43)58(54)50-25-13-8-20-44(50)55(45)37-27-29-38(30-28-37)56-46-21-9-4-16-39(46)40-17-5-10-22-47(40)56/h1-34H. The zero-order valence-electron chi connectivity index (χ0n) is 31.5. The van der Waals surface area contributed by atoms with Crippen LogP contribution in [-0.4, -0.2) is 20.4 Å². The number of fused-ring (bicyclic) bond motifs is 11. The van der Waals surface area contributed by atoms with Gasteiger partial charge in [-0.25, -0.2) is 0 Å². The maximum atomic E-state index is 2.53. The van der Waals surface area contributed by atoms with Crippen LogP contribution >= 0.6 is 0 Å². The molecule has 1 aliphatic rings. The van der Waals surface area contributed by atoms with Gasteiger partial charge in [-0.1, -0.05) is 157 Å². The Bertz CT molecular complexity index is 3570. The first kappa shape index (κ1) is 31.6. The van der Waals surface area contributed by atoms with Crippen LogP contribution in [0.15, 0.2) is 206 Å². The average molecular weight is 736 g/mol. The Kier molecular flexibility index (Phi) is 6.53. The lowest BCUT2D eigenvalue weighted by atomic mass is 9.35.